The SMILES string of the molecule is NS(=O)(=O)c1ccccc1S(=O)(=O)NCCc1ccco1. The van der Waals surface area contributed by atoms with Crippen molar-refractivity contribution < 1.29 is 21.3 Å². The van der Waals surface area contributed by atoms with Crippen LogP contribution in [0.5, 0.6) is 0 Å². The van der Waals surface area contributed by atoms with Gasteiger partial charge in [0.15, 0.2) is 0 Å². The Kier molecular flexibility index (Phi) is 4.47. The van der Waals surface area contributed by atoms with Gasteiger partial charge in [-0.15, -0.1) is 0 Å². The zero-order valence-corrected chi connectivity index (χ0v) is 12.5. The summed E-state index contributed by atoms with van der Waals surface area (Å²) in [7, 11) is -8.10. The molecule has 0 saturated carbocycles. The van der Waals surface area contributed by atoms with Crippen molar-refractivity contribution in [3.05, 3.63) is 48.4 Å². The second-order valence-corrected chi connectivity index (χ2v) is 7.48. The van der Waals surface area contributed by atoms with Gasteiger partial charge in [-0.2, -0.15) is 0 Å². The number of furan rings is 1. The average Bonchev–Trinajstić information content (AvgIpc) is 2.91. The van der Waals surface area contributed by atoms with Gasteiger partial charge in [-0.1, -0.05) is 12.1 Å². The molecule has 9 heteroatoms. The van der Waals surface area contributed by atoms with Gasteiger partial charge in [0.2, 0.25) is 20.0 Å². The zero-order valence-electron chi connectivity index (χ0n) is 10.9. The molecule has 0 fully saturated rings. The minimum absolute atomic E-state index is 0.0782. The first-order valence-corrected chi connectivity index (χ1v) is 8.97. The Morgan fingerprint density at radius 3 is 2.24 bits per heavy atom. The molecule has 0 amide bonds. The normalized spacial score (nSPS) is 12.4. The van der Waals surface area contributed by atoms with Crippen molar-refractivity contribution in [3.8, 4) is 0 Å². The number of sulfonamides is 2. The highest BCUT2D eigenvalue weighted by Gasteiger charge is 2.23. The molecule has 114 valence electrons. The van der Waals surface area contributed by atoms with Gasteiger partial charge in [-0.05, 0) is 24.3 Å². The molecule has 0 saturated heterocycles. The number of rotatable bonds is 6. The van der Waals surface area contributed by atoms with Crippen LogP contribution in [-0.4, -0.2) is 23.4 Å². The third-order valence-corrected chi connectivity index (χ3v) is 5.31. The van der Waals surface area contributed by atoms with Crippen LogP contribution in [0.2, 0.25) is 0 Å². The Morgan fingerprint density at radius 2 is 1.67 bits per heavy atom. The summed E-state index contributed by atoms with van der Waals surface area (Å²) in [5.74, 6) is 0.623. The number of hydrogen-bond donors (Lipinski definition) is 2. The van der Waals surface area contributed by atoms with Crippen molar-refractivity contribution in [1.82, 2.24) is 4.72 Å². The van der Waals surface area contributed by atoms with Crippen LogP contribution in [-0.2, 0) is 26.5 Å². The van der Waals surface area contributed by atoms with Crippen LogP contribution in [0.1, 0.15) is 5.76 Å². The molecule has 3 N–H and O–H groups in total. The Balaban J connectivity index is 2.20. The Labute approximate surface area is 122 Å². The molecule has 0 aliphatic carbocycles. The lowest BCUT2D eigenvalue weighted by atomic mass is 10.3. The van der Waals surface area contributed by atoms with Crippen LogP contribution in [0.15, 0.2) is 56.9 Å². The van der Waals surface area contributed by atoms with Crippen molar-refractivity contribution in [1.29, 1.82) is 0 Å². The van der Waals surface area contributed by atoms with Gasteiger partial charge in [-0.3, -0.25) is 0 Å². The predicted octanol–water partition coefficient (Wildman–Crippen LogP) is 0.448. The van der Waals surface area contributed by atoms with Gasteiger partial charge in [0, 0.05) is 13.0 Å². The van der Waals surface area contributed by atoms with Gasteiger partial charge >= 0.3 is 0 Å². The smallest absolute Gasteiger partial charge is 0.241 e. The van der Waals surface area contributed by atoms with E-state index in [0.29, 0.717) is 12.2 Å². The molecule has 0 radical (unpaired) electrons. The number of benzene rings is 1. The summed E-state index contributed by atoms with van der Waals surface area (Å²) in [5.41, 5.74) is 0. The van der Waals surface area contributed by atoms with Crippen LogP contribution < -0.4 is 9.86 Å². The molecule has 1 aromatic heterocycles. The Bertz CT molecular complexity index is 811. The molecule has 0 bridgehead atoms. The van der Waals surface area contributed by atoms with E-state index < -0.39 is 24.9 Å². The first-order valence-electron chi connectivity index (χ1n) is 5.94. The summed E-state index contributed by atoms with van der Waals surface area (Å²) < 4.78 is 54.6. The van der Waals surface area contributed by atoms with Crippen molar-refractivity contribution in [2.45, 2.75) is 16.2 Å². The van der Waals surface area contributed by atoms with E-state index >= 15 is 0 Å². The summed E-state index contributed by atoms with van der Waals surface area (Å²) in [6.07, 6.45) is 1.84. The van der Waals surface area contributed by atoms with E-state index in [9.17, 15) is 16.8 Å². The third kappa shape index (κ3) is 3.91. The van der Waals surface area contributed by atoms with Crippen LogP contribution in [0, 0.1) is 0 Å². The first kappa shape index (κ1) is 15.7. The molecule has 2 rings (SSSR count). The highest BCUT2D eigenvalue weighted by molar-refractivity contribution is 7.92. The molecule has 0 aliphatic heterocycles. The maximum Gasteiger partial charge on any atom is 0.241 e. The van der Waals surface area contributed by atoms with Crippen molar-refractivity contribution in [2.75, 3.05) is 6.54 Å². The molecular formula is C12H14N2O5S2. The van der Waals surface area contributed by atoms with Crippen LogP contribution in [0.25, 0.3) is 0 Å². The van der Waals surface area contributed by atoms with Gasteiger partial charge in [0.1, 0.15) is 15.6 Å². The maximum absolute atomic E-state index is 12.2. The average molecular weight is 330 g/mol. The van der Waals surface area contributed by atoms with Crippen molar-refractivity contribution in [3.63, 3.8) is 0 Å². The molecule has 0 atom stereocenters. The van der Waals surface area contributed by atoms with E-state index in [1.165, 1.54) is 24.5 Å². The first-order chi connectivity index (χ1) is 9.81. The topological polar surface area (TPSA) is 119 Å². The maximum atomic E-state index is 12.2. The van der Waals surface area contributed by atoms with Gasteiger partial charge < -0.3 is 4.42 Å². The molecule has 2 aromatic rings. The number of nitrogens with two attached hydrogens (primary N) is 1. The fourth-order valence-electron chi connectivity index (χ4n) is 1.75. The number of nitrogens with one attached hydrogen (secondary N) is 1. The predicted molar refractivity (Wildman–Crippen MR) is 75.4 cm³/mol. The van der Waals surface area contributed by atoms with E-state index in [2.05, 4.69) is 4.72 Å². The fraction of sp³-hybridized carbons (Fsp3) is 0.167. The summed E-state index contributed by atoms with van der Waals surface area (Å²) in [6.45, 7) is 0.0782. The second kappa shape index (κ2) is 5.98. The minimum atomic E-state index is -4.12. The molecule has 1 heterocycles. The summed E-state index contributed by atoms with van der Waals surface area (Å²) in [5, 5.41) is 5.03. The molecule has 7 nitrogen and oxygen atoms in total. The standard InChI is InChI=1S/C12H14N2O5S2/c13-20(15,16)11-5-1-2-6-12(11)21(17,18)14-8-7-10-4-3-9-19-10/h1-6,9,14H,7-8H2,(H2,13,15,16). The highest BCUT2D eigenvalue weighted by Crippen LogP contribution is 2.19. The van der Waals surface area contributed by atoms with E-state index in [-0.39, 0.29) is 11.4 Å². The molecule has 0 spiro atoms. The van der Waals surface area contributed by atoms with Crippen LogP contribution in [0.3, 0.4) is 0 Å². The summed E-state index contributed by atoms with van der Waals surface area (Å²) >= 11 is 0. The van der Waals surface area contributed by atoms with E-state index in [0.717, 1.165) is 6.07 Å². The number of hydrogen-bond acceptors (Lipinski definition) is 5. The monoisotopic (exact) mass is 330 g/mol. The van der Waals surface area contributed by atoms with Crippen molar-refractivity contribution >= 4 is 20.0 Å². The minimum Gasteiger partial charge on any atom is -0.469 e. The molecular weight excluding hydrogens is 316 g/mol. The lowest BCUT2D eigenvalue weighted by molar-refractivity contribution is 0.505. The summed E-state index contributed by atoms with van der Waals surface area (Å²) in [4.78, 5) is -0.803. The van der Waals surface area contributed by atoms with Crippen LogP contribution >= 0.6 is 0 Å². The van der Waals surface area contributed by atoms with Gasteiger partial charge in [0.05, 0.1) is 6.26 Å². The highest BCUT2D eigenvalue weighted by atomic mass is 32.2. The molecule has 0 unspecified atom stereocenters. The lowest BCUT2D eigenvalue weighted by Gasteiger charge is -2.09. The summed E-state index contributed by atoms with van der Waals surface area (Å²) in [6, 6.07) is 8.58. The van der Waals surface area contributed by atoms with E-state index in [1.54, 1.807) is 12.1 Å². The molecule has 21 heavy (non-hydrogen) atoms. The Morgan fingerprint density at radius 1 is 1.00 bits per heavy atom. The molecule has 0 aliphatic rings. The van der Waals surface area contributed by atoms with Crippen molar-refractivity contribution in [2.24, 2.45) is 5.14 Å². The lowest BCUT2D eigenvalue weighted by Crippen LogP contribution is -2.28. The largest absolute Gasteiger partial charge is 0.469 e. The Hall–Kier alpha value is -1.68. The second-order valence-electron chi connectivity index (χ2n) is 4.22. The number of primary sulfonamides is 1. The van der Waals surface area contributed by atoms with Gasteiger partial charge in [-0.25, -0.2) is 26.7 Å². The molecule has 1 aromatic carbocycles. The van der Waals surface area contributed by atoms with E-state index in [1.807, 2.05) is 0 Å². The zero-order chi connectivity index (χ0) is 15.5. The quantitative estimate of drug-likeness (QED) is 0.797. The van der Waals surface area contributed by atoms with E-state index in [4.69, 9.17) is 9.56 Å². The fourth-order valence-corrected chi connectivity index (χ4v) is 4.16. The van der Waals surface area contributed by atoms with Gasteiger partial charge in [0.25, 0.3) is 0 Å². The third-order valence-electron chi connectivity index (χ3n) is 2.69. The van der Waals surface area contributed by atoms with Crippen LogP contribution in [0.4, 0.5) is 0 Å².